The van der Waals surface area contributed by atoms with Crippen LogP contribution in [0.2, 0.25) is 0 Å². The number of hydrogen-bond donors (Lipinski definition) is 2. The Bertz CT molecular complexity index is 856. The average molecular weight is 352 g/mol. The third kappa shape index (κ3) is 3.38. The summed E-state index contributed by atoms with van der Waals surface area (Å²) in [6.45, 7) is 5.23. The third-order valence-electron chi connectivity index (χ3n) is 5.61. The van der Waals surface area contributed by atoms with Gasteiger partial charge in [-0.2, -0.15) is 0 Å². The predicted molar refractivity (Wildman–Crippen MR) is 103 cm³/mol. The Balaban J connectivity index is 1.43. The zero-order chi connectivity index (χ0) is 18.0. The Morgan fingerprint density at radius 1 is 1.19 bits per heavy atom. The molecule has 26 heavy (non-hydrogen) atoms. The molecule has 2 heterocycles. The minimum Gasteiger partial charge on any atom is -0.361 e. The molecule has 4 rings (SSSR count). The fourth-order valence-electron chi connectivity index (χ4n) is 4.10. The van der Waals surface area contributed by atoms with Gasteiger partial charge < -0.3 is 10.3 Å². The summed E-state index contributed by atoms with van der Waals surface area (Å²) in [5.74, 6) is 0.948. The first-order valence-corrected chi connectivity index (χ1v) is 9.73. The third-order valence-corrected chi connectivity index (χ3v) is 5.61. The van der Waals surface area contributed by atoms with Crippen molar-refractivity contribution in [2.24, 2.45) is 0 Å². The van der Waals surface area contributed by atoms with Gasteiger partial charge in [-0.15, -0.1) is 5.10 Å². The van der Waals surface area contributed by atoms with Gasteiger partial charge in [0.2, 0.25) is 0 Å². The largest absolute Gasteiger partial charge is 0.361 e. The number of nitrogens with one attached hydrogen (secondary N) is 2. The van der Waals surface area contributed by atoms with Gasteiger partial charge in [-0.3, -0.25) is 0 Å². The summed E-state index contributed by atoms with van der Waals surface area (Å²) in [4.78, 5) is 3.35. The minimum atomic E-state index is -0.257. The van der Waals surface area contributed by atoms with E-state index in [0.29, 0.717) is 6.04 Å². The van der Waals surface area contributed by atoms with E-state index in [-0.39, 0.29) is 5.54 Å². The molecule has 6 heteroatoms. The maximum absolute atomic E-state index is 4.36. The van der Waals surface area contributed by atoms with Crippen molar-refractivity contribution in [1.29, 1.82) is 0 Å². The molecule has 1 aliphatic carbocycles. The highest BCUT2D eigenvalue weighted by Gasteiger charge is 2.30. The van der Waals surface area contributed by atoms with Crippen LogP contribution in [0.25, 0.3) is 10.9 Å². The van der Waals surface area contributed by atoms with E-state index in [4.69, 9.17) is 0 Å². The quantitative estimate of drug-likeness (QED) is 0.709. The highest BCUT2D eigenvalue weighted by Crippen LogP contribution is 2.30. The molecule has 1 aliphatic rings. The molecule has 138 valence electrons. The lowest BCUT2D eigenvalue weighted by atomic mass is 9.94. The van der Waals surface area contributed by atoms with Crippen LogP contribution in [0.5, 0.6) is 0 Å². The first-order chi connectivity index (χ1) is 12.6. The van der Waals surface area contributed by atoms with Gasteiger partial charge in [0.15, 0.2) is 5.82 Å². The van der Waals surface area contributed by atoms with Crippen molar-refractivity contribution < 1.29 is 0 Å². The van der Waals surface area contributed by atoms with E-state index in [9.17, 15) is 0 Å². The van der Waals surface area contributed by atoms with Crippen molar-refractivity contribution >= 4 is 10.9 Å². The number of benzene rings is 1. The van der Waals surface area contributed by atoms with Crippen LogP contribution >= 0.6 is 0 Å². The van der Waals surface area contributed by atoms with Crippen LogP contribution in [0.1, 0.15) is 63.4 Å². The van der Waals surface area contributed by atoms with Crippen LogP contribution in [0.15, 0.2) is 30.5 Å². The van der Waals surface area contributed by atoms with E-state index >= 15 is 0 Å². The number of para-hydroxylation sites is 1. The van der Waals surface area contributed by atoms with Gasteiger partial charge in [-0.25, -0.2) is 4.68 Å². The summed E-state index contributed by atoms with van der Waals surface area (Å²) in [5, 5.41) is 17.6. The van der Waals surface area contributed by atoms with Gasteiger partial charge in [0.05, 0.1) is 11.6 Å². The summed E-state index contributed by atoms with van der Waals surface area (Å²) in [6, 6.07) is 8.90. The van der Waals surface area contributed by atoms with E-state index in [2.05, 4.69) is 74.8 Å². The fraction of sp³-hybridized carbons (Fsp3) is 0.550. The van der Waals surface area contributed by atoms with Crippen LogP contribution in [0, 0.1) is 0 Å². The molecule has 1 saturated carbocycles. The molecule has 0 bridgehead atoms. The van der Waals surface area contributed by atoms with E-state index in [1.807, 2.05) is 0 Å². The van der Waals surface area contributed by atoms with Crippen LogP contribution in [-0.4, -0.2) is 31.7 Å². The second kappa shape index (κ2) is 7.19. The maximum atomic E-state index is 4.36. The summed E-state index contributed by atoms with van der Waals surface area (Å²) >= 11 is 0. The fourth-order valence-corrected chi connectivity index (χ4v) is 4.10. The molecule has 0 saturated heterocycles. The van der Waals surface area contributed by atoms with Gasteiger partial charge >= 0.3 is 0 Å². The lowest BCUT2D eigenvalue weighted by molar-refractivity contribution is 0.283. The standard InChI is InChI=1S/C20H28N6/c1-20(2,19-23-24-25-26(19)16-8-4-3-5-9-16)22-13-12-15-14-21-18-11-7-6-10-17(15)18/h6-7,10-11,14,16,21-22H,3-5,8-9,12-13H2,1-2H3. The van der Waals surface area contributed by atoms with Crippen LogP contribution in [-0.2, 0) is 12.0 Å². The Hall–Kier alpha value is -2.21. The molecule has 0 atom stereocenters. The predicted octanol–water partition coefficient (Wildman–Crippen LogP) is 3.73. The molecule has 6 nitrogen and oxygen atoms in total. The number of aromatic nitrogens is 5. The van der Waals surface area contributed by atoms with Crippen LogP contribution in [0.3, 0.4) is 0 Å². The lowest BCUT2D eigenvalue weighted by Gasteiger charge is -2.29. The smallest absolute Gasteiger partial charge is 0.171 e. The highest BCUT2D eigenvalue weighted by atomic mass is 15.6. The molecule has 1 aromatic carbocycles. The number of aromatic amines is 1. The zero-order valence-corrected chi connectivity index (χ0v) is 15.7. The van der Waals surface area contributed by atoms with Crippen molar-refractivity contribution in [3.8, 4) is 0 Å². The van der Waals surface area contributed by atoms with Gasteiger partial charge in [0, 0.05) is 23.6 Å². The second-order valence-corrected chi connectivity index (χ2v) is 7.90. The molecule has 3 aromatic rings. The van der Waals surface area contributed by atoms with Gasteiger partial charge in [0.1, 0.15) is 0 Å². The summed E-state index contributed by atoms with van der Waals surface area (Å²) in [7, 11) is 0. The molecule has 0 unspecified atom stereocenters. The topological polar surface area (TPSA) is 71.4 Å². The molecule has 0 spiro atoms. The van der Waals surface area contributed by atoms with Crippen molar-refractivity contribution in [2.75, 3.05) is 6.54 Å². The van der Waals surface area contributed by atoms with E-state index in [1.54, 1.807) is 0 Å². The second-order valence-electron chi connectivity index (χ2n) is 7.90. The first-order valence-electron chi connectivity index (χ1n) is 9.73. The van der Waals surface area contributed by atoms with Crippen molar-refractivity contribution in [3.63, 3.8) is 0 Å². The Labute approximate surface area is 154 Å². The SMILES string of the molecule is CC(C)(NCCc1c[nH]c2ccccc12)c1nnnn1C1CCCCC1. The molecule has 2 N–H and O–H groups in total. The van der Waals surface area contributed by atoms with Gasteiger partial charge in [-0.05, 0) is 55.2 Å². The average Bonchev–Trinajstić information content (AvgIpc) is 3.30. The van der Waals surface area contributed by atoms with Crippen molar-refractivity contribution in [2.45, 2.75) is 64.0 Å². The van der Waals surface area contributed by atoms with Crippen LogP contribution in [0.4, 0.5) is 0 Å². The van der Waals surface area contributed by atoms with E-state index in [1.165, 1.54) is 48.6 Å². The Kier molecular flexibility index (Phi) is 4.76. The zero-order valence-electron chi connectivity index (χ0n) is 15.7. The molecular formula is C20H28N6. The first kappa shape index (κ1) is 17.2. The Morgan fingerprint density at radius 3 is 2.85 bits per heavy atom. The van der Waals surface area contributed by atoms with Crippen molar-refractivity contribution in [1.82, 2.24) is 30.5 Å². The number of H-pyrrole nitrogens is 1. The lowest BCUT2D eigenvalue weighted by Crippen LogP contribution is -2.41. The highest BCUT2D eigenvalue weighted by molar-refractivity contribution is 5.83. The Morgan fingerprint density at radius 2 is 2.00 bits per heavy atom. The minimum absolute atomic E-state index is 0.257. The number of nitrogens with zero attached hydrogens (tertiary/aromatic N) is 4. The van der Waals surface area contributed by atoms with Gasteiger partial charge in [-0.1, -0.05) is 37.5 Å². The number of tetrazole rings is 1. The molecular weight excluding hydrogens is 324 g/mol. The van der Waals surface area contributed by atoms with E-state index < -0.39 is 0 Å². The normalized spacial score (nSPS) is 16.4. The number of hydrogen-bond acceptors (Lipinski definition) is 4. The van der Waals surface area contributed by atoms with Crippen LogP contribution < -0.4 is 5.32 Å². The number of rotatable bonds is 6. The maximum Gasteiger partial charge on any atom is 0.171 e. The molecule has 2 aromatic heterocycles. The summed E-state index contributed by atoms with van der Waals surface area (Å²) in [6.07, 6.45) is 9.34. The molecule has 0 aliphatic heterocycles. The monoisotopic (exact) mass is 352 g/mol. The molecule has 0 radical (unpaired) electrons. The van der Waals surface area contributed by atoms with Crippen molar-refractivity contribution in [3.05, 3.63) is 41.9 Å². The molecule has 1 fully saturated rings. The molecule has 0 amide bonds. The number of fused-ring (bicyclic) bond motifs is 1. The van der Waals surface area contributed by atoms with E-state index in [0.717, 1.165) is 18.8 Å². The summed E-state index contributed by atoms with van der Waals surface area (Å²) in [5.41, 5.74) is 2.28. The van der Waals surface area contributed by atoms with Gasteiger partial charge in [0.25, 0.3) is 0 Å². The summed E-state index contributed by atoms with van der Waals surface area (Å²) < 4.78 is 2.07.